The second-order valence-corrected chi connectivity index (χ2v) is 4.37. The number of hydrogen-bond acceptors (Lipinski definition) is 4. The first kappa shape index (κ1) is 12.4. The van der Waals surface area contributed by atoms with Crippen LogP contribution in [-0.4, -0.2) is 27.2 Å². The molecule has 0 spiro atoms. The van der Waals surface area contributed by atoms with Crippen LogP contribution in [0.4, 0.5) is 5.82 Å². The number of nitrogens with one attached hydrogen (secondary N) is 2. The zero-order valence-electron chi connectivity index (χ0n) is 8.62. The SMILES string of the molecule is CCC(Nc1nc[nH]c(=O)c1I)C(C)O. The van der Waals surface area contributed by atoms with Gasteiger partial charge in [-0.25, -0.2) is 4.98 Å². The Hall–Kier alpha value is -0.630. The summed E-state index contributed by atoms with van der Waals surface area (Å²) in [6.45, 7) is 3.67. The van der Waals surface area contributed by atoms with Crippen molar-refractivity contribution in [3.8, 4) is 0 Å². The Morgan fingerprint density at radius 2 is 2.40 bits per heavy atom. The van der Waals surface area contributed by atoms with E-state index in [0.717, 1.165) is 6.42 Å². The average molecular weight is 323 g/mol. The van der Waals surface area contributed by atoms with Crippen molar-refractivity contribution in [1.82, 2.24) is 9.97 Å². The highest BCUT2D eigenvalue weighted by atomic mass is 127. The molecule has 0 aromatic carbocycles. The van der Waals surface area contributed by atoms with E-state index in [1.54, 1.807) is 6.92 Å². The van der Waals surface area contributed by atoms with Crippen molar-refractivity contribution < 1.29 is 5.11 Å². The number of aliphatic hydroxyl groups excluding tert-OH is 1. The molecule has 0 aliphatic heterocycles. The third-order valence-electron chi connectivity index (χ3n) is 2.14. The molecule has 1 rings (SSSR count). The molecule has 0 fully saturated rings. The van der Waals surface area contributed by atoms with Gasteiger partial charge >= 0.3 is 0 Å². The number of aromatic amines is 1. The highest BCUT2D eigenvalue weighted by Gasteiger charge is 2.15. The van der Waals surface area contributed by atoms with Crippen LogP contribution in [0.1, 0.15) is 20.3 Å². The monoisotopic (exact) mass is 323 g/mol. The molecule has 0 aliphatic carbocycles. The Balaban J connectivity index is 2.88. The smallest absolute Gasteiger partial charge is 0.266 e. The summed E-state index contributed by atoms with van der Waals surface area (Å²) >= 11 is 1.93. The maximum atomic E-state index is 11.3. The van der Waals surface area contributed by atoms with Crippen molar-refractivity contribution in [2.45, 2.75) is 32.4 Å². The molecule has 1 aromatic heterocycles. The van der Waals surface area contributed by atoms with Crippen LogP contribution in [0.5, 0.6) is 0 Å². The lowest BCUT2D eigenvalue weighted by atomic mass is 10.1. The van der Waals surface area contributed by atoms with Crippen LogP contribution < -0.4 is 10.9 Å². The largest absolute Gasteiger partial charge is 0.391 e. The highest BCUT2D eigenvalue weighted by molar-refractivity contribution is 14.1. The van der Waals surface area contributed by atoms with Crippen molar-refractivity contribution in [2.75, 3.05) is 5.32 Å². The minimum absolute atomic E-state index is 0.0900. The summed E-state index contributed by atoms with van der Waals surface area (Å²) in [6.07, 6.45) is 1.64. The van der Waals surface area contributed by atoms with Gasteiger partial charge < -0.3 is 15.4 Å². The molecular weight excluding hydrogens is 309 g/mol. The van der Waals surface area contributed by atoms with E-state index in [0.29, 0.717) is 9.39 Å². The van der Waals surface area contributed by atoms with E-state index in [4.69, 9.17) is 0 Å². The molecule has 1 aromatic rings. The Morgan fingerprint density at radius 3 is 2.93 bits per heavy atom. The van der Waals surface area contributed by atoms with Crippen LogP contribution in [0.3, 0.4) is 0 Å². The summed E-state index contributed by atoms with van der Waals surface area (Å²) in [6, 6.07) is -0.0900. The van der Waals surface area contributed by atoms with Crippen LogP contribution in [0.2, 0.25) is 0 Å². The Bertz CT molecular complexity index is 378. The van der Waals surface area contributed by atoms with Crippen LogP contribution in [0.15, 0.2) is 11.1 Å². The molecule has 2 unspecified atom stereocenters. The molecular formula is C9H14IN3O2. The predicted octanol–water partition coefficient (Wildman–Crippen LogP) is 0.946. The number of H-pyrrole nitrogens is 1. The lowest BCUT2D eigenvalue weighted by Gasteiger charge is -2.20. The summed E-state index contributed by atoms with van der Waals surface area (Å²) in [5.74, 6) is 0.520. The standard InChI is InChI=1S/C9H14IN3O2/c1-3-6(5(2)14)13-8-7(10)9(15)12-4-11-8/h4-6,14H,3H2,1-2H3,(H2,11,12,13,15). The number of rotatable bonds is 4. The van der Waals surface area contributed by atoms with E-state index in [-0.39, 0.29) is 11.6 Å². The summed E-state index contributed by atoms with van der Waals surface area (Å²) in [5, 5.41) is 12.5. The number of aromatic nitrogens is 2. The summed E-state index contributed by atoms with van der Waals surface area (Å²) < 4.78 is 0.509. The van der Waals surface area contributed by atoms with Crippen LogP contribution in [0, 0.1) is 3.57 Å². The van der Waals surface area contributed by atoms with Gasteiger partial charge in [-0.2, -0.15) is 0 Å². The van der Waals surface area contributed by atoms with Gasteiger partial charge in [0.1, 0.15) is 9.39 Å². The molecule has 1 heterocycles. The molecule has 0 aliphatic rings. The molecule has 2 atom stereocenters. The first-order valence-corrected chi connectivity index (χ1v) is 5.82. The fraction of sp³-hybridized carbons (Fsp3) is 0.556. The van der Waals surface area contributed by atoms with E-state index in [1.807, 2.05) is 29.5 Å². The van der Waals surface area contributed by atoms with Gasteiger partial charge in [0.25, 0.3) is 5.56 Å². The summed E-state index contributed by atoms with van der Waals surface area (Å²) in [7, 11) is 0. The molecule has 6 heteroatoms. The van der Waals surface area contributed by atoms with E-state index in [9.17, 15) is 9.90 Å². The van der Waals surface area contributed by atoms with Crippen molar-refractivity contribution in [3.05, 3.63) is 20.3 Å². The van der Waals surface area contributed by atoms with Crippen molar-refractivity contribution in [3.63, 3.8) is 0 Å². The van der Waals surface area contributed by atoms with Crippen LogP contribution in [0.25, 0.3) is 0 Å². The van der Waals surface area contributed by atoms with Crippen molar-refractivity contribution in [2.24, 2.45) is 0 Å². The Morgan fingerprint density at radius 1 is 1.73 bits per heavy atom. The van der Waals surface area contributed by atoms with E-state index in [2.05, 4.69) is 15.3 Å². The van der Waals surface area contributed by atoms with Gasteiger partial charge in [0.15, 0.2) is 0 Å². The topological polar surface area (TPSA) is 78.0 Å². The highest BCUT2D eigenvalue weighted by Crippen LogP contribution is 2.12. The maximum absolute atomic E-state index is 11.3. The molecule has 0 amide bonds. The fourth-order valence-corrected chi connectivity index (χ4v) is 1.67. The second-order valence-electron chi connectivity index (χ2n) is 3.29. The average Bonchev–Trinajstić information content (AvgIpc) is 2.19. The first-order valence-electron chi connectivity index (χ1n) is 4.74. The van der Waals surface area contributed by atoms with Gasteiger partial charge in [-0.05, 0) is 35.9 Å². The van der Waals surface area contributed by atoms with Crippen molar-refractivity contribution >= 4 is 28.4 Å². The number of halogens is 1. The minimum atomic E-state index is -0.480. The van der Waals surface area contributed by atoms with Crippen molar-refractivity contribution in [1.29, 1.82) is 0 Å². The van der Waals surface area contributed by atoms with Crippen LogP contribution >= 0.6 is 22.6 Å². The third kappa shape index (κ3) is 3.16. The Labute approximate surface area is 101 Å². The normalized spacial score (nSPS) is 14.7. The number of nitrogens with zero attached hydrogens (tertiary/aromatic N) is 1. The molecule has 5 nitrogen and oxygen atoms in total. The maximum Gasteiger partial charge on any atom is 0.266 e. The van der Waals surface area contributed by atoms with Gasteiger partial charge in [-0.3, -0.25) is 4.79 Å². The zero-order valence-corrected chi connectivity index (χ0v) is 10.8. The Kier molecular flexibility index (Phi) is 4.52. The van der Waals surface area contributed by atoms with Gasteiger partial charge in [0.2, 0.25) is 0 Å². The molecule has 0 saturated carbocycles. The quantitative estimate of drug-likeness (QED) is 0.721. The van der Waals surface area contributed by atoms with E-state index < -0.39 is 6.10 Å². The number of hydrogen-bond donors (Lipinski definition) is 3. The second kappa shape index (κ2) is 5.45. The van der Waals surface area contributed by atoms with Gasteiger partial charge in [-0.1, -0.05) is 6.92 Å². The lowest BCUT2D eigenvalue weighted by molar-refractivity contribution is 0.169. The zero-order chi connectivity index (χ0) is 11.4. The lowest BCUT2D eigenvalue weighted by Crippen LogP contribution is -2.32. The summed E-state index contributed by atoms with van der Waals surface area (Å²) in [4.78, 5) is 17.8. The van der Waals surface area contributed by atoms with E-state index in [1.165, 1.54) is 6.33 Å². The molecule has 84 valence electrons. The van der Waals surface area contributed by atoms with Gasteiger partial charge in [0.05, 0.1) is 18.5 Å². The van der Waals surface area contributed by atoms with Crippen LogP contribution in [-0.2, 0) is 0 Å². The summed E-state index contributed by atoms with van der Waals surface area (Å²) in [5.41, 5.74) is -0.173. The molecule has 3 N–H and O–H groups in total. The minimum Gasteiger partial charge on any atom is -0.391 e. The third-order valence-corrected chi connectivity index (χ3v) is 3.14. The first-order chi connectivity index (χ1) is 7.06. The molecule has 0 bridgehead atoms. The molecule has 0 radical (unpaired) electrons. The number of aliphatic hydroxyl groups is 1. The van der Waals surface area contributed by atoms with Gasteiger partial charge in [-0.15, -0.1) is 0 Å². The number of anilines is 1. The molecule has 15 heavy (non-hydrogen) atoms. The molecule has 0 saturated heterocycles. The fourth-order valence-electron chi connectivity index (χ4n) is 1.22. The predicted molar refractivity (Wildman–Crippen MR) is 67.0 cm³/mol. The van der Waals surface area contributed by atoms with Gasteiger partial charge in [0, 0.05) is 0 Å². The van der Waals surface area contributed by atoms with E-state index >= 15 is 0 Å².